The van der Waals surface area contributed by atoms with Crippen LogP contribution < -0.4 is 10.1 Å². The third kappa shape index (κ3) is 6.25. The lowest BCUT2D eigenvalue weighted by molar-refractivity contribution is -0.128. The van der Waals surface area contributed by atoms with Gasteiger partial charge >= 0.3 is 0 Å². The number of hydrogen-bond donors (Lipinski definition) is 1. The monoisotopic (exact) mass is 264 g/mol. The molecule has 1 aromatic rings. The van der Waals surface area contributed by atoms with E-state index in [1.807, 2.05) is 51.4 Å². The summed E-state index contributed by atoms with van der Waals surface area (Å²) < 4.78 is 5.68. The van der Waals surface area contributed by atoms with Gasteiger partial charge in [0.2, 0.25) is 0 Å². The van der Waals surface area contributed by atoms with Gasteiger partial charge < -0.3 is 15.0 Å². The highest BCUT2D eigenvalue weighted by atomic mass is 16.5. The molecule has 1 atom stereocenters. The number of carbonyl (C=O) groups excluding carboxylic acids is 1. The summed E-state index contributed by atoms with van der Waals surface area (Å²) >= 11 is 0. The van der Waals surface area contributed by atoms with Crippen LogP contribution in [-0.4, -0.2) is 44.1 Å². The highest BCUT2D eigenvalue weighted by molar-refractivity contribution is 5.81. The van der Waals surface area contributed by atoms with Crippen molar-refractivity contribution >= 4 is 5.91 Å². The number of rotatable bonds is 8. The third-order valence-electron chi connectivity index (χ3n) is 2.77. The molecular weight excluding hydrogens is 240 g/mol. The van der Waals surface area contributed by atoms with Crippen LogP contribution in [-0.2, 0) is 4.79 Å². The minimum atomic E-state index is -0.415. The zero-order chi connectivity index (χ0) is 14.1. The van der Waals surface area contributed by atoms with Crippen molar-refractivity contribution in [2.75, 3.05) is 27.2 Å². The summed E-state index contributed by atoms with van der Waals surface area (Å²) in [5.74, 6) is 0.697. The fourth-order valence-corrected chi connectivity index (χ4v) is 1.71. The highest BCUT2D eigenvalue weighted by Crippen LogP contribution is 2.12. The van der Waals surface area contributed by atoms with E-state index in [4.69, 9.17) is 4.74 Å². The van der Waals surface area contributed by atoms with Gasteiger partial charge in [-0.05, 0) is 45.6 Å². The van der Waals surface area contributed by atoms with Gasteiger partial charge in [-0.1, -0.05) is 25.1 Å². The Bertz CT molecular complexity index is 366. The minimum absolute atomic E-state index is 0.0369. The van der Waals surface area contributed by atoms with E-state index in [1.165, 1.54) is 0 Å². The predicted molar refractivity (Wildman–Crippen MR) is 77.3 cm³/mol. The van der Waals surface area contributed by atoms with Crippen LogP contribution in [0.5, 0.6) is 5.75 Å². The molecule has 1 unspecified atom stereocenters. The van der Waals surface area contributed by atoms with Crippen LogP contribution in [0.25, 0.3) is 0 Å². The van der Waals surface area contributed by atoms with Crippen LogP contribution in [0, 0.1) is 0 Å². The van der Waals surface area contributed by atoms with Crippen molar-refractivity contribution in [3.8, 4) is 5.75 Å². The highest BCUT2D eigenvalue weighted by Gasteiger charge is 2.17. The Labute approximate surface area is 115 Å². The van der Waals surface area contributed by atoms with Crippen molar-refractivity contribution in [2.45, 2.75) is 25.9 Å². The molecule has 4 nitrogen and oxygen atoms in total. The van der Waals surface area contributed by atoms with E-state index in [2.05, 4.69) is 10.2 Å². The maximum atomic E-state index is 12.0. The third-order valence-corrected chi connectivity index (χ3v) is 2.77. The number of amides is 1. The molecule has 0 radical (unpaired) electrons. The van der Waals surface area contributed by atoms with Crippen molar-refractivity contribution < 1.29 is 9.53 Å². The molecule has 1 N–H and O–H groups in total. The molecule has 1 amide bonds. The molecular formula is C15H24N2O2. The van der Waals surface area contributed by atoms with E-state index in [0.29, 0.717) is 13.0 Å². The molecule has 0 bridgehead atoms. The van der Waals surface area contributed by atoms with E-state index < -0.39 is 6.10 Å². The fraction of sp³-hybridized carbons (Fsp3) is 0.533. The Morgan fingerprint density at radius 1 is 1.32 bits per heavy atom. The van der Waals surface area contributed by atoms with Gasteiger partial charge in [0, 0.05) is 6.54 Å². The molecule has 0 aliphatic heterocycles. The molecule has 0 aromatic heterocycles. The topological polar surface area (TPSA) is 41.6 Å². The quantitative estimate of drug-likeness (QED) is 0.729. The number of hydrogen-bond acceptors (Lipinski definition) is 3. The lowest BCUT2D eigenvalue weighted by Gasteiger charge is -2.17. The van der Waals surface area contributed by atoms with Crippen LogP contribution in [0.2, 0.25) is 0 Å². The standard InChI is InChI=1S/C15H24N2O2/c1-4-14(19-13-9-6-5-7-10-13)15(18)16-11-8-12-17(2)3/h5-7,9-10,14H,4,8,11-12H2,1-3H3,(H,16,18). The lowest BCUT2D eigenvalue weighted by Crippen LogP contribution is -2.39. The maximum Gasteiger partial charge on any atom is 0.261 e. The predicted octanol–water partition coefficient (Wildman–Crippen LogP) is 1.91. The van der Waals surface area contributed by atoms with Gasteiger partial charge in [-0.3, -0.25) is 4.79 Å². The molecule has 0 aliphatic carbocycles. The maximum absolute atomic E-state index is 12.0. The Kier molecular flexibility index (Phi) is 6.97. The van der Waals surface area contributed by atoms with Crippen LogP contribution >= 0.6 is 0 Å². The van der Waals surface area contributed by atoms with Gasteiger partial charge in [-0.2, -0.15) is 0 Å². The van der Waals surface area contributed by atoms with Crippen molar-refractivity contribution in [1.82, 2.24) is 10.2 Å². The summed E-state index contributed by atoms with van der Waals surface area (Å²) in [6, 6.07) is 9.45. The van der Waals surface area contributed by atoms with Crippen LogP contribution in [0.3, 0.4) is 0 Å². The average Bonchev–Trinajstić information content (AvgIpc) is 2.41. The number of benzene rings is 1. The van der Waals surface area contributed by atoms with Crippen molar-refractivity contribution in [3.63, 3.8) is 0 Å². The summed E-state index contributed by atoms with van der Waals surface area (Å²) in [6.07, 6.45) is 1.19. The van der Waals surface area contributed by atoms with Crippen molar-refractivity contribution in [2.24, 2.45) is 0 Å². The summed E-state index contributed by atoms with van der Waals surface area (Å²) in [7, 11) is 4.05. The number of ether oxygens (including phenoxy) is 1. The summed E-state index contributed by atoms with van der Waals surface area (Å²) in [6.45, 7) is 3.61. The molecule has 106 valence electrons. The van der Waals surface area contributed by atoms with Crippen LogP contribution in [0.4, 0.5) is 0 Å². The molecule has 0 aliphatic rings. The summed E-state index contributed by atoms with van der Waals surface area (Å²) in [5.41, 5.74) is 0. The fourth-order valence-electron chi connectivity index (χ4n) is 1.71. The number of nitrogens with one attached hydrogen (secondary N) is 1. The molecule has 0 saturated carbocycles. The van der Waals surface area contributed by atoms with Gasteiger partial charge in [-0.15, -0.1) is 0 Å². The van der Waals surface area contributed by atoms with Gasteiger partial charge in [-0.25, -0.2) is 0 Å². The SMILES string of the molecule is CCC(Oc1ccccc1)C(=O)NCCCN(C)C. The van der Waals surface area contributed by atoms with Crippen LogP contribution in [0.1, 0.15) is 19.8 Å². The first kappa shape index (κ1) is 15.5. The zero-order valence-electron chi connectivity index (χ0n) is 12.1. The van der Waals surface area contributed by atoms with Gasteiger partial charge in [0.15, 0.2) is 6.10 Å². The summed E-state index contributed by atoms with van der Waals surface area (Å²) in [5, 5.41) is 2.92. The Hall–Kier alpha value is -1.55. The van der Waals surface area contributed by atoms with Crippen LogP contribution in [0.15, 0.2) is 30.3 Å². The first-order valence-corrected chi connectivity index (χ1v) is 6.77. The second-order valence-electron chi connectivity index (χ2n) is 4.78. The second kappa shape index (κ2) is 8.53. The molecule has 4 heteroatoms. The van der Waals surface area contributed by atoms with E-state index >= 15 is 0 Å². The normalized spacial score (nSPS) is 12.2. The molecule has 1 aromatic carbocycles. The average molecular weight is 264 g/mol. The smallest absolute Gasteiger partial charge is 0.261 e. The Morgan fingerprint density at radius 3 is 2.58 bits per heavy atom. The molecule has 19 heavy (non-hydrogen) atoms. The first-order valence-electron chi connectivity index (χ1n) is 6.77. The van der Waals surface area contributed by atoms with E-state index in [-0.39, 0.29) is 5.91 Å². The van der Waals surface area contributed by atoms with E-state index in [0.717, 1.165) is 18.7 Å². The van der Waals surface area contributed by atoms with Gasteiger partial charge in [0.1, 0.15) is 5.75 Å². The minimum Gasteiger partial charge on any atom is -0.481 e. The van der Waals surface area contributed by atoms with Crippen molar-refractivity contribution in [1.29, 1.82) is 0 Å². The number of nitrogens with zero attached hydrogens (tertiary/aromatic N) is 1. The Balaban J connectivity index is 2.35. The first-order chi connectivity index (χ1) is 9.13. The Morgan fingerprint density at radius 2 is 2.00 bits per heavy atom. The largest absolute Gasteiger partial charge is 0.481 e. The molecule has 1 rings (SSSR count). The van der Waals surface area contributed by atoms with Gasteiger partial charge in [0.05, 0.1) is 0 Å². The van der Waals surface area contributed by atoms with E-state index in [1.54, 1.807) is 0 Å². The molecule has 0 heterocycles. The number of carbonyl (C=O) groups is 1. The summed E-state index contributed by atoms with van der Waals surface area (Å²) in [4.78, 5) is 14.1. The molecule has 0 spiro atoms. The number of para-hydroxylation sites is 1. The van der Waals surface area contributed by atoms with Gasteiger partial charge in [0.25, 0.3) is 5.91 Å². The second-order valence-corrected chi connectivity index (χ2v) is 4.78. The molecule has 0 saturated heterocycles. The lowest BCUT2D eigenvalue weighted by atomic mass is 10.2. The van der Waals surface area contributed by atoms with Crippen molar-refractivity contribution in [3.05, 3.63) is 30.3 Å². The zero-order valence-corrected chi connectivity index (χ0v) is 12.1. The molecule has 0 fully saturated rings. The van der Waals surface area contributed by atoms with E-state index in [9.17, 15) is 4.79 Å².